The Labute approximate surface area is 133 Å². The highest BCUT2D eigenvalue weighted by Gasteiger charge is 2.33. The molecule has 0 bridgehead atoms. The summed E-state index contributed by atoms with van der Waals surface area (Å²) in [4.78, 5) is 1.18. The Morgan fingerprint density at radius 1 is 1.10 bits per heavy atom. The Kier molecular flexibility index (Phi) is 3.67. The molecule has 2 atom stereocenters. The number of ether oxygens (including phenoxy) is 1. The summed E-state index contributed by atoms with van der Waals surface area (Å²) in [6.45, 7) is 2.61. The number of thioether (sulfide) groups is 1. The van der Waals surface area contributed by atoms with E-state index in [4.69, 9.17) is 16.3 Å². The van der Waals surface area contributed by atoms with Gasteiger partial charge in [0.15, 0.2) is 0 Å². The normalized spacial score (nSPS) is 24.2. The van der Waals surface area contributed by atoms with Gasteiger partial charge >= 0.3 is 0 Å². The average Bonchev–Trinajstić information content (AvgIpc) is 2.55. The molecule has 4 heteroatoms. The summed E-state index contributed by atoms with van der Waals surface area (Å²) in [6.07, 6.45) is 0.189. The fourth-order valence-corrected chi connectivity index (χ4v) is 4.78. The van der Waals surface area contributed by atoms with Gasteiger partial charge in [0.25, 0.3) is 0 Å². The fourth-order valence-electron chi connectivity index (χ4n) is 3.08. The van der Waals surface area contributed by atoms with E-state index in [2.05, 4.69) is 35.6 Å². The van der Waals surface area contributed by atoms with Crippen LogP contribution in [0, 0.1) is 0 Å². The molecule has 108 valence electrons. The largest absolute Gasteiger partial charge is 0.374 e. The first kappa shape index (κ1) is 13.6. The number of morpholine rings is 1. The smallest absolute Gasteiger partial charge is 0.0862 e. The van der Waals surface area contributed by atoms with Gasteiger partial charge in [0.05, 0.1) is 23.0 Å². The summed E-state index contributed by atoms with van der Waals surface area (Å²) in [5.41, 5.74) is 3.88. The molecule has 1 N–H and O–H groups in total. The lowest BCUT2D eigenvalue weighted by molar-refractivity contribution is 0.0273. The van der Waals surface area contributed by atoms with Gasteiger partial charge in [-0.1, -0.05) is 48.0 Å². The second-order valence-electron chi connectivity index (χ2n) is 5.36. The van der Waals surface area contributed by atoms with Crippen LogP contribution in [-0.2, 0) is 4.74 Å². The lowest BCUT2D eigenvalue weighted by atomic mass is 9.94. The van der Waals surface area contributed by atoms with Crippen molar-refractivity contribution in [3.05, 3.63) is 53.1 Å². The van der Waals surface area contributed by atoms with Gasteiger partial charge in [0.2, 0.25) is 0 Å². The highest BCUT2D eigenvalue weighted by Crippen LogP contribution is 2.53. The Morgan fingerprint density at radius 3 is 2.81 bits per heavy atom. The zero-order valence-electron chi connectivity index (χ0n) is 11.5. The molecular weight excluding hydrogens is 302 g/mol. The molecule has 0 radical (unpaired) electrons. The molecule has 0 amide bonds. The molecule has 2 nitrogen and oxygen atoms in total. The molecule has 2 aliphatic rings. The first-order valence-corrected chi connectivity index (χ1v) is 8.47. The molecule has 2 aromatic rings. The minimum atomic E-state index is 0.189. The number of rotatable bonds is 1. The summed E-state index contributed by atoms with van der Waals surface area (Å²) in [6, 6.07) is 14.8. The number of nitrogens with one attached hydrogen (secondary N) is 1. The molecule has 0 aromatic heterocycles. The van der Waals surface area contributed by atoms with E-state index >= 15 is 0 Å². The van der Waals surface area contributed by atoms with Crippen LogP contribution in [0.1, 0.15) is 10.8 Å². The van der Waals surface area contributed by atoms with Crippen LogP contribution < -0.4 is 5.32 Å². The number of hydrogen-bond donors (Lipinski definition) is 1. The van der Waals surface area contributed by atoms with Gasteiger partial charge in [0, 0.05) is 18.0 Å². The van der Waals surface area contributed by atoms with E-state index in [1.807, 2.05) is 23.9 Å². The van der Waals surface area contributed by atoms with Crippen LogP contribution >= 0.6 is 23.4 Å². The van der Waals surface area contributed by atoms with Gasteiger partial charge < -0.3 is 10.1 Å². The van der Waals surface area contributed by atoms with Crippen LogP contribution in [0.5, 0.6) is 0 Å². The summed E-state index contributed by atoms with van der Waals surface area (Å²) < 4.78 is 6.00. The minimum absolute atomic E-state index is 0.189. The molecular formula is C17H16ClNOS. The van der Waals surface area contributed by atoms with Crippen LogP contribution in [0.15, 0.2) is 47.4 Å². The zero-order valence-corrected chi connectivity index (χ0v) is 13.1. The first-order valence-electron chi connectivity index (χ1n) is 7.21. The summed E-state index contributed by atoms with van der Waals surface area (Å²) >= 11 is 8.27. The van der Waals surface area contributed by atoms with Crippen LogP contribution in [0.25, 0.3) is 11.1 Å². The van der Waals surface area contributed by atoms with Crippen molar-refractivity contribution in [1.82, 2.24) is 5.32 Å². The summed E-state index contributed by atoms with van der Waals surface area (Å²) in [5, 5.41) is 4.56. The monoisotopic (exact) mass is 317 g/mol. The maximum Gasteiger partial charge on any atom is 0.0862 e. The Bertz CT molecular complexity index is 670. The van der Waals surface area contributed by atoms with Gasteiger partial charge in [0.1, 0.15) is 0 Å². The molecule has 0 aliphatic carbocycles. The van der Waals surface area contributed by atoms with E-state index < -0.39 is 0 Å². The highest BCUT2D eigenvalue weighted by atomic mass is 35.5. The molecule has 0 saturated carbocycles. The number of benzene rings is 2. The lowest BCUT2D eigenvalue weighted by Crippen LogP contribution is -2.41. The molecule has 21 heavy (non-hydrogen) atoms. The van der Waals surface area contributed by atoms with E-state index in [1.54, 1.807) is 0 Å². The Balaban J connectivity index is 1.83. The SMILES string of the molecule is Clc1cccc2c1S[C@@H]([C@H]1CNCCO1)c1ccccc1-2. The molecule has 0 unspecified atom stereocenters. The van der Waals surface area contributed by atoms with E-state index in [1.165, 1.54) is 21.6 Å². The maximum atomic E-state index is 6.44. The molecule has 1 fully saturated rings. The van der Waals surface area contributed by atoms with E-state index in [0.717, 1.165) is 24.7 Å². The average molecular weight is 318 g/mol. The second-order valence-corrected chi connectivity index (χ2v) is 6.91. The standard InChI is InChI=1S/C17H16ClNOS/c18-14-7-3-6-12-11-4-1-2-5-13(11)17(21-16(12)14)15-10-19-8-9-20-15/h1-7,15,17,19H,8-10H2/t15-,17-/m1/s1. The van der Waals surface area contributed by atoms with E-state index in [0.29, 0.717) is 5.25 Å². The van der Waals surface area contributed by atoms with E-state index in [-0.39, 0.29) is 6.10 Å². The number of hydrogen-bond acceptors (Lipinski definition) is 3. The van der Waals surface area contributed by atoms with E-state index in [9.17, 15) is 0 Å². The predicted molar refractivity (Wildman–Crippen MR) is 88.1 cm³/mol. The van der Waals surface area contributed by atoms with Gasteiger partial charge in [-0.3, -0.25) is 0 Å². The topological polar surface area (TPSA) is 21.3 Å². The third-order valence-corrected chi connectivity index (χ3v) is 5.98. The van der Waals surface area contributed by atoms with Crippen molar-refractivity contribution < 1.29 is 4.74 Å². The number of halogens is 1. The third-order valence-electron chi connectivity index (χ3n) is 4.06. The first-order chi connectivity index (χ1) is 10.3. The Morgan fingerprint density at radius 2 is 1.95 bits per heavy atom. The van der Waals surface area contributed by atoms with Crippen molar-refractivity contribution in [2.75, 3.05) is 19.7 Å². The minimum Gasteiger partial charge on any atom is -0.374 e. The van der Waals surface area contributed by atoms with Crippen molar-refractivity contribution in [3.8, 4) is 11.1 Å². The molecule has 4 rings (SSSR count). The molecule has 2 aliphatic heterocycles. The maximum absolute atomic E-state index is 6.44. The summed E-state index contributed by atoms with van der Waals surface area (Å²) in [7, 11) is 0. The molecule has 1 saturated heterocycles. The zero-order chi connectivity index (χ0) is 14.2. The van der Waals surface area contributed by atoms with Gasteiger partial charge in [-0.2, -0.15) is 0 Å². The lowest BCUT2D eigenvalue weighted by Gasteiger charge is -2.35. The molecule has 0 spiro atoms. The third kappa shape index (κ3) is 2.38. The molecule has 2 aromatic carbocycles. The number of fused-ring (bicyclic) bond motifs is 3. The van der Waals surface area contributed by atoms with Crippen LogP contribution in [0.3, 0.4) is 0 Å². The van der Waals surface area contributed by atoms with Crippen LogP contribution in [0.2, 0.25) is 5.02 Å². The van der Waals surface area contributed by atoms with Crippen molar-refractivity contribution in [2.24, 2.45) is 0 Å². The van der Waals surface area contributed by atoms with Crippen LogP contribution in [0.4, 0.5) is 0 Å². The highest BCUT2D eigenvalue weighted by molar-refractivity contribution is 8.00. The Hall–Kier alpha value is -1.00. The van der Waals surface area contributed by atoms with Crippen LogP contribution in [-0.4, -0.2) is 25.8 Å². The van der Waals surface area contributed by atoms with Gasteiger partial charge in [-0.15, -0.1) is 11.8 Å². The fraction of sp³-hybridized carbons (Fsp3) is 0.294. The second kappa shape index (κ2) is 5.65. The quantitative estimate of drug-likeness (QED) is 0.854. The van der Waals surface area contributed by atoms with Crippen molar-refractivity contribution in [1.29, 1.82) is 0 Å². The van der Waals surface area contributed by atoms with Crippen molar-refractivity contribution in [3.63, 3.8) is 0 Å². The van der Waals surface area contributed by atoms with Gasteiger partial charge in [-0.05, 0) is 22.8 Å². The van der Waals surface area contributed by atoms with Crippen molar-refractivity contribution >= 4 is 23.4 Å². The predicted octanol–water partition coefficient (Wildman–Crippen LogP) is 4.14. The summed E-state index contributed by atoms with van der Waals surface area (Å²) in [5.74, 6) is 0. The van der Waals surface area contributed by atoms with Crippen molar-refractivity contribution in [2.45, 2.75) is 16.2 Å². The molecule has 2 heterocycles. The van der Waals surface area contributed by atoms with Gasteiger partial charge in [-0.25, -0.2) is 0 Å².